The third kappa shape index (κ3) is 4.20. The fourth-order valence-corrected chi connectivity index (χ4v) is 3.34. The lowest BCUT2D eigenvalue weighted by Crippen LogP contribution is -2.29. The summed E-state index contributed by atoms with van der Waals surface area (Å²) in [6.45, 7) is 2.79. The highest BCUT2D eigenvalue weighted by molar-refractivity contribution is 5.77. The van der Waals surface area contributed by atoms with Crippen LogP contribution in [0.25, 0.3) is 0 Å². The number of hydrogen-bond acceptors (Lipinski definition) is 5. The number of benzene rings is 1. The molecule has 1 aliphatic rings. The summed E-state index contributed by atoms with van der Waals surface area (Å²) in [6.07, 6.45) is 1.10. The summed E-state index contributed by atoms with van der Waals surface area (Å²) < 4.78 is 10.5. The van der Waals surface area contributed by atoms with E-state index in [4.69, 9.17) is 9.26 Å². The van der Waals surface area contributed by atoms with Gasteiger partial charge in [-0.15, -0.1) is 0 Å². The summed E-state index contributed by atoms with van der Waals surface area (Å²) in [5.74, 6) is 1.60. The fourth-order valence-electron chi connectivity index (χ4n) is 3.34. The minimum absolute atomic E-state index is 0.0115. The van der Waals surface area contributed by atoms with E-state index in [-0.39, 0.29) is 11.8 Å². The maximum atomic E-state index is 12.5. The van der Waals surface area contributed by atoms with Crippen LogP contribution in [0.3, 0.4) is 0 Å². The zero-order chi connectivity index (χ0) is 17.8. The van der Waals surface area contributed by atoms with Crippen LogP contribution in [0.5, 0.6) is 5.75 Å². The van der Waals surface area contributed by atoms with Gasteiger partial charge in [-0.25, -0.2) is 0 Å². The normalized spacial score (nSPS) is 20.0. The van der Waals surface area contributed by atoms with E-state index < -0.39 is 6.10 Å². The molecular weight excluding hydrogens is 320 g/mol. The number of amides is 1. The van der Waals surface area contributed by atoms with E-state index in [1.807, 2.05) is 37.3 Å². The Morgan fingerprint density at radius 1 is 1.40 bits per heavy atom. The van der Waals surface area contributed by atoms with Crippen molar-refractivity contribution in [3.63, 3.8) is 0 Å². The molecule has 6 heteroatoms. The van der Waals surface area contributed by atoms with Crippen molar-refractivity contribution in [2.75, 3.05) is 20.2 Å². The Balaban J connectivity index is 1.54. The number of hydrogen-bond donors (Lipinski definition) is 1. The van der Waals surface area contributed by atoms with Crippen molar-refractivity contribution in [1.82, 2.24) is 10.1 Å². The lowest BCUT2D eigenvalue weighted by atomic mass is 10.0. The number of likely N-dealkylation sites (tertiary alicyclic amines) is 1. The van der Waals surface area contributed by atoms with E-state index in [2.05, 4.69) is 5.16 Å². The van der Waals surface area contributed by atoms with Crippen molar-refractivity contribution < 1.29 is 19.2 Å². The first-order valence-corrected chi connectivity index (χ1v) is 8.56. The van der Waals surface area contributed by atoms with Gasteiger partial charge in [0, 0.05) is 37.9 Å². The van der Waals surface area contributed by atoms with Gasteiger partial charge in [0.1, 0.15) is 11.5 Å². The molecule has 1 fully saturated rings. The first kappa shape index (κ1) is 17.5. The number of aliphatic hydroxyl groups excluding tert-OH is 1. The van der Waals surface area contributed by atoms with Crippen LogP contribution >= 0.6 is 0 Å². The van der Waals surface area contributed by atoms with Crippen LogP contribution in [0.1, 0.15) is 23.4 Å². The molecule has 1 aromatic carbocycles. The van der Waals surface area contributed by atoms with Gasteiger partial charge in [0.05, 0.1) is 18.9 Å². The van der Waals surface area contributed by atoms with Crippen molar-refractivity contribution in [3.8, 4) is 5.75 Å². The van der Waals surface area contributed by atoms with Crippen LogP contribution in [0.4, 0.5) is 0 Å². The molecule has 1 aliphatic heterocycles. The summed E-state index contributed by atoms with van der Waals surface area (Å²) in [7, 11) is 1.63. The summed E-state index contributed by atoms with van der Waals surface area (Å²) >= 11 is 0. The van der Waals surface area contributed by atoms with Gasteiger partial charge in [-0.1, -0.05) is 23.4 Å². The number of nitrogens with zero attached hydrogens (tertiary/aromatic N) is 2. The van der Waals surface area contributed by atoms with E-state index in [1.165, 1.54) is 0 Å². The molecule has 1 N–H and O–H groups in total. The Hall–Kier alpha value is -2.34. The second kappa shape index (κ2) is 7.70. The molecule has 3 rings (SSSR count). The van der Waals surface area contributed by atoms with Crippen LogP contribution < -0.4 is 4.74 Å². The molecule has 0 bridgehead atoms. The van der Waals surface area contributed by atoms with E-state index in [0.29, 0.717) is 32.4 Å². The smallest absolute Gasteiger partial charge is 0.223 e. The number of aryl methyl sites for hydroxylation is 2. The van der Waals surface area contributed by atoms with Gasteiger partial charge in [-0.2, -0.15) is 0 Å². The SMILES string of the molecule is COc1ccccc1CCC(=O)N1C[C@@H](Cc2cc(C)no2)[C@H](O)C1. The highest BCUT2D eigenvalue weighted by Gasteiger charge is 2.34. The fraction of sp³-hybridized carbons (Fsp3) is 0.474. The van der Waals surface area contributed by atoms with Crippen molar-refractivity contribution in [1.29, 1.82) is 0 Å². The van der Waals surface area contributed by atoms with E-state index in [1.54, 1.807) is 12.0 Å². The number of β-amino-alcohol motifs (C(OH)–C–C–N with tert-alkyl or cyclic N) is 1. The molecule has 0 unspecified atom stereocenters. The molecule has 0 aliphatic carbocycles. The van der Waals surface area contributed by atoms with Crippen LogP contribution in [0.2, 0.25) is 0 Å². The topological polar surface area (TPSA) is 75.8 Å². The minimum Gasteiger partial charge on any atom is -0.496 e. The van der Waals surface area contributed by atoms with Gasteiger partial charge >= 0.3 is 0 Å². The number of carbonyl (C=O) groups is 1. The summed E-state index contributed by atoms with van der Waals surface area (Å²) in [5, 5.41) is 14.1. The highest BCUT2D eigenvalue weighted by atomic mass is 16.5. The molecule has 134 valence electrons. The molecule has 6 nitrogen and oxygen atoms in total. The Bertz CT molecular complexity index is 728. The molecule has 2 aromatic rings. The van der Waals surface area contributed by atoms with E-state index >= 15 is 0 Å². The number of para-hydroxylation sites is 1. The monoisotopic (exact) mass is 344 g/mol. The minimum atomic E-state index is -0.527. The number of aromatic nitrogens is 1. The first-order valence-electron chi connectivity index (χ1n) is 8.56. The zero-order valence-corrected chi connectivity index (χ0v) is 14.6. The van der Waals surface area contributed by atoms with Crippen LogP contribution in [0, 0.1) is 12.8 Å². The Morgan fingerprint density at radius 2 is 2.20 bits per heavy atom. The second-order valence-electron chi connectivity index (χ2n) is 6.58. The Kier molecular flexibility index (Phi) is 5.38. The van der Waals surface area contributed by atoms with Crippen molar-refractivity contribution >= 4 is 5.91 Å². The highest BCUT2D eigenvalue weighted by Crippen LogP contribution is 2.24. The zero-order valence-electron chi connectivity index (χ0n) is 14.6. The number of rotatable bonds is 6. The van der Waals surface area contributed by atoms with Gasteiger partial charge in [0.15, 0.2) is 0 Å². The Morgan fingerprint density at radius 3 is 2.92 bits per heavy atom. The van der Waals surface area contributed by atoms with Gasteiger partial charge in [0.2, 0.25) is 5.91 Å². The summed E-state index contributed by atoms with van der Waals surface area (Å²) in [4.78, 5) is 14.2. The summed E-state index contributed by atoms with van der Waals surface area (Å²) in [5.41, 5.74) is 1.85. The number of carbonyl (C=O) groups excluding carboxylic acids is 1. The average molecular weight is 344 g/mol. The molecule has 1 saturated heterocycles. The first-order chi connectivity index (χ1) is 12.1. The quantitative estimate of drug-likeness (QED) is 0.867. The molecule has 1 aromatic heterocycles. The molecule has 2 heterocycles. The largest absolute Gasteiger partial charge is 0.496 e. The molecule has 0 radical (unpaired) electrons. The van der Waals surface area contributed by atoms with E-state index in [9.17, 15) is 9.90 Å². The van der Waals surface area contributed by atoms with E-state index in [0.717, 1.165) is 22.8 Å². The van der Waals surface area contributed by atoms with Crippen LogP contribution in [-0.2, 0) is 17.6 Å². The van der Waals surface area contributed by atoms with Crippen molar-refractivity contribution in [2.24, 2.45) is 5.92 Å². The van der Waals surface area contributed by atoms with Crippen LogP contribution in [-0.4, -0.2) is 47.4 Å². The number of ether oxygens (including phenoxy) is 1. The van der Waals surface area contributed by atoms with Gasteiger partial charge in [0.25, 0.3) is 0 Å². The van der Waals surface area contributed by atoms with Gasteiger partial charge < -0.3 is 19.3 Å². The molecule has 0 saturated carbocycles. The molecule has 0 spiro atoms. The van der Waals surface area contributed by atoms with Crippen LogP contribution in [0.15, 0.2) is 34.9 Å². The molecule has 1 amide bonds. The Labute approximate surface area is 147 Å². The maximum Gasteiger partial charge on any atom is 0.223 e. The third-order valence-corrected chi connectivity index (χ3v) is 4.70. The average Bonchev–Trinajstić information content (AvgIpc) is 3.19. The lowest BCUT2D eigenvalue weighted by molar-refractivity contribution is -0.130. The van der Waals surface area contributed by atoms with Crippen molar-refractivity contribution in [2.45, 2.75) is 32.3 Å². The summed E-state index contributed by atoms with van der Waals surface area (Å²) in [6, 6.07) is 9.60. The lowest BCUT2D eigenvalue weighted by Gasteiger charge is -2.16. The molecule has 2 atom stereocenters. The maximum absolute atomic E-state index is 12.5. The third-order valence-electron chi connectivity index (χ3n) is 4.70. The standard InChI is InChI=1S/C19H24N2O4/c1-13-9-16(25-20-13)10-15-11-21(12-17(15)22)19(23)8-7-14-5-3-4-6-18(14)24-2/h3-6,9,15,17,22H,7-8,10-12H2,1-2H3/t15-,17-/m1/s1. The predicted octanol–water partition coefficient (Wildman–Crippen LogP) is 1.99. The van der Waals surface area contributed by atoms with Gasteiger partial charge in [-0.3, -0.25) is 4.79 Å². The predicted molar refractivity (Wildman–Crippen MR) is 92.3 cm³/mol. The molecular formula is C19H24N2O4. The van der Waals surface area contributed by atoms with Gasteiger partial charge in [-0.05, 0) is 25.0 Å². The number of methoxy groups -OCH3 is 1. The number of aliphatic hydroxyl groups is 1. The molecule has 25 heavy (non-hydrogen) atoms. The van der Waals surface area contributed by atoms with Crippen molar-refractivity contribution in [3.05, 3.63) is 47.3 Å². The second-order valence-corrected chi connectivity index (χ2v) is 6.58.